The molecule has 0 spiro atoms. The number of thioether (sulfide) groups is 1. The lowest BCUT2D eigenvalue weighted by Crippen LogP contribution is -2.43. The molecule has 0 bridgehead atoms. The van der Waals surface area contributed by atoms with E-state index in [0.29, 0.717) is 10.5 Å². The highest BCUT2D eigenvalue weighted by Crippen LogP contribution is 2.24. The third-order valence-electron chi connectivity index (χ3n) is 1.85. The average molecular weight is 189 g/mol. The largest absolute Gasteiger partial charge is 0.453 e. The van der Waals surface area contributed by atoms with Gasteiger partial charge in [0.25, 0.3) is 0 Å². The maximum absolute atomic E-state index is 11.2. The summed E-state index contributed by atoms with van der Waals surface area (Å²) in [6.07, 6.45) is -0.200. The molecule has 3 nitrogen and oxygen atoms in total. The molecule has 1 saturated heterocycles. The van der Waals surface area contributed by atoms with Crippen LogP contribution >= 0.6 is 11.8 Å². The zero-order valence-corrected chi connectivity index (χ0v) is 8.56. The average Bonchev–Trinajstić information content (AvgIpc) is 2.01. The van der Waals surface area contributed by atoms with Gasteiger partial charge in [0, 0.05) is 23.6 Å². The molecule has 4 heteroatoms. The van der Waals surface area contributed by atoms with Crippen molar-refractivity contribution in [2.24, 2.45) is 0 Å². The molecule has 1 fully saturated rings. The van der Waals surface area contributed by atoms with Crippen molar-refractivity contribution in [2.75, 3.05) is 20.2 Å². The molecule has 0 saturated carbocycles. The van der Waals surface area contributed by atoms with Crippen molar-refractivity contribution in [2.45, 2.75) is 24.3 Å². The number of rotatable bonds is 0. The van der Waals surface area contributed by atoms with Gasteiger partial charge in [-0.2, -0.15) is 11.8 Å². The first-order valence-corrected chi connectivity index (χ1v) is 5.06. The Balaban J connectivity index is 2.49. The highest BCUT2D eigenvalue weighted by atomic mass is 32.2. The van der Waals surface area contributed by atoms with Crippen molar-refractivity contribution in [3.05, 3.63) is 0 Å². The second-order valence-electron chi connectivity index (χ2n) is 3.13. The number of hydrogen-bond acceptors (Lipinski definition) is 3. The standard InChI is InChI=1S/C8H15NO2S/c1-6-4-9(8(10)11-3)5-7(2)12-6/h6-7H,4-5H2,1-3H3. The van der Waals surface area contributed by atoms with Crippen molar-refractivity contribution in [1.82, 2.24) is 4.90 Å². The van der Waals surface area contributed by atoms with Gasteiger partial charge in [0.05, 0.1) is 7.11 Å². The van der Waals surface area contributed by atoms with Gasteiger partial charge in [0.2, 0.25) is 0 Å². The lowest BCUT2D eigenvalue weighted by Gasteiger charge is -2.33. The number of carbonyl (C=O) groups is 1. The van der Waals surface area contributed by atoms with Gasteiger partial charge < -0.3 is 9.64 Å². The van der Waals surface area contributed by atoms with Gasteiger partial charge in [-0.05, 0) is 0 Å². The molecule has 0 aliphatic carbocycles. The minimum atomic E-state index is -0.200. The quantitative estimate of drug-likeness (QED) is 0.579. The van der Waals surface area contributed by atoms with E-state index >= 15 is 0 Å². The van der Waals surface area contributed by atoms with Crippen LogP contribution in [0.15, 0.2) is 0 Å². The van der Waals surface area contributed by atoms with Gasteiger partial charge in [0.1, 0.15) is 0 Å². The summed E-state index contributed by atoms with van der Waals surface area (Å²) in [7, 11) is 1.43. The zero-order valence-electron chi connectivity index (χ0n) is 7.74. The highest BCUT2D eigenvalue weighted by Gasteiger charge is 2.25. The molecule has 0 aromatic carbocycles. The Bertz CT molecular complexity index is 164. The summed E-state index contributed by atoms with van der Waals surface area (Å²) < 4.78 is 4.66. The fourth-order valence-corrected chi connectivity index (χ4v) is 2.78. The van der Waals surface area contributed by atoms with E-state index in [-0.39, 0.29) is 6.09 Å². The van der Waals surface area contributed by atoms with Crippen LogP contribution in [0.5, 0.6) is 0 Å². The summed E-state index contributed by atoms with van der Waals surface area (Å²) in [5.41, 5.74) is 0. The minimum Gasteiger partial charge on any atom is -0.453 e. The molecule has 1 aliphatic rings. The molecular formula is C8H15NO2S. The Morgan fingerprint density at radius 3 is 2.33 bits per heavy atom. The molecule has 1 heterocycles. The zero-order chi connectivity index (χ0) is 9.14. The molecule has 0 aromatic heterocycles. The second kappa shape index (κ2) is 4.03. The Hall–Kier alpha value is -0.380. The number of methoxy groups -OCH3 is 1. The third-order valence-corrected chi connectivity index (χ3v) is 3.08. The molecule has 2 atom stereocenters. The second-order valence-corrected chi connectivity index (χ2v) is 5.01. The van der Waals surface area contributed by atoms with Crippen LogP contribution in [0.25, 0.3) is 0 Å². The lowest BCUT2D eigenvalue weighted by atomic mass is 10.3. The first-order valence-electron chi connectivity index (χ1n) is 4.12. The normalized spacial score (nSPS) is 30.1. The monoisotopic (exact) mass is 189 g/mol. The SMILES string of the molecule is COC(=O)N1CC(C)SC(C)C1. The number of hydrogen-bond donors (Lipinski definition) is 0. The molecule has 1 amide bonds. The fourth-order valence-electron chi connectivity index (χ4n) is 1.46. The van der Waals surface area contributed by atoms with E-state index in [1.54, 1.807) is 4.90 Å². The molecule has 0 aromatic rings. The summed E-state index contributed by atoms with van der Waals surface area (Å²) >= 11 is 1.92. The van der Waals surface area contributed by atoms with Crippen molar-refractivity contribution in [1.29, 1.82) is 0 Å². The van der Waals surface area contributed by atoms with Crippen LogP contribution in [0.1, 0.15) is 13.8 Å². The number of amides is 1. The van der Waals surface area contributed by atoms with Gasteiger partial charge in [-0.15, -0.1) is 0 Å². The fraction of sp³-hybridized carbons (Fsp3) is 0.875. The third kappa shape index (κ3) is 2.30. The maximum atomic E-state index is 11.2. The maximum Gasteiger partial charge on any atom is 0.409 e. The number of nitrogens with zero attached hydrogens (tertiary/aromatic N) is 1. The minimum absolute atomic E-state index is 0.200. The van der Waals surface area contributed by atoms with E-state index in [1.165, 1.54) is 7.11 Å². The van der Waals surface area contributed by atoms with Crippen LogP contribution in [0.2, 0.25) is 0 Å². The number of ether oxygens (including phenoxy) is 1. The van der Waals surface area contributed by atoms with Crippen molar-refractivity contribution in [3.63, 3.8) is 0 Å². The molecule has 12 heavy (non-hydrogen) atoms. The van der Waals surface area contributed by atoms with E-state index in [9.17, 15) is 4.79 Å². The van der Waals surface area contributed by atoms with Gasteiger partial charge >= 0.3 is 6.09 Å². The molecule has 1 aliphatic heterocycles. The first kappa shape index (κ1) is 9.71. The van der Waals surface area contributed by atoms with E-state index in [2.05, 4.69) is 18.6 Å². The predicted molar refractivity (Wildman–Crippen MR) is 50.5 cm³/mol. The van der Waals surface area contributed by atoms with Crippen molar-refractivity contribution in [3.8, 4) is 0 Å². The summed E-state index contributed by atoms with van der Waals surface area (Å²) in [6.45, 7) is 5.88. The highest BCUT2D eigenvalue weighted by molar-refractivity contribution is 8.00. The molecule has 0 radical (unpaired) electrons. The Kier molecular flexibility index (Phi) is 3.26. The van der Waals surface area contributed by atoms with Gasteiger partial charge in [-0.1, -0.05) is 13.8 Å². The Labute approximate surface area is 77.4 Å². The van der Waals surface area contributed by atoms with E-state index < -0.39 is 0 Å². The van der Waals surface area contributed by atoms with Crippen molar-refractivity contribution < 1.29 is 9.53 Å². The topological polar surface area (TPSA) is 29.5 Å². The van der Waals surface area contributed by atoms with Crippen LogP contribution < -0.4 is 0 Å². The predicted octanol–water partition coefficient (Wildman–Crippen LogP) is 1.58. The Morgan fingerprint density at radius 2 is 1.92 bits per heavy atom. The van der Waals surface area contributed by atoms with E-state index in [0.717, 1.165) is 13.1 Å². The van der Waals surface area contributed by atoms with Crippen LogP contribution in [0.3, 0.4) is 0 Å². The van der Waals surface area contributed by atoms with Gasteiger partial charge in [-0.3, -0.25) is 0 Å². The summed E-state index contributed by atoms with van der Waals surface area (Å²) in [4.78, 5) is 12.9. The summed E-state index contributed by atoms with van der Waals surface area (Å²) in [5, 5.41) is 1.04. The van der Waals surface area contributed by atoms with Crippen LogP contribution in [-0.2, 0) is 4.74 Å². The van der Waals surface area contributed by atoms with Crippen LogP contribution in [-0.4, -0.2) is 41.7 Å². The summed E-state index contributed by atoms with van der Waals surface area (Å²) in [6, 6.07) is 0. The molecular weight excluding hydrogens is 174 g/mol. The number of carbonyl (C=O) groups excluding carboxylic acids is 1. The lowest BCUT2D eigenvalue weighted by molar-refractivity contribution is 0.123. The smallest absolute Gasteiger partial charge is 0.409 e. The molecule has 0 N–H and O–H groups in total. The van der Waals surface area contributed by atoms with Crippen LogP contribution in [0.4, 0.5) is 4.79 Å². The Morgan fingerprint density at radius 1 is 1.42 bits per heavy atom. The van der Waals surface area contributed by atoms with Gasteiger partial charge in [-0.25, -0.2) is 4.79 Å². The molecule has 70 valence electrons. The van der Waals surface area contributed by atoms with Crippen molar-refractivity contribution >= 4 is 17.9 Å². The van der Waals surface area contributed by atoms with E-state index in [1.807, 2.05) is 11.8 Å². The molecule has 2 unspecified atom stereocenters. The van der Waals surface area contributed by atoms with Crippen LogP contribution in [0, 0.1) is 0 Å². The van der Waals surface area contributed by atoms with Gasteiger partial charge in [0.15, 0.2) is 0 Å². The summed E-state index contributed by atoms with van der Waals surface area (Å²) in [5.74, 6) is 0. The van der Waals surface area contributed by atoms with E-state index in [4.69, 9.17) is 0 Å². The first-order chi connectivity index (χ1) is 5.63. The molecule has 1 rings (SSSR count).